The van der Waals surface area contributed by atoms with Crippen molar-refractivity contribution in [1.82, 2.24) is 15.2 Å². The van der Waals surface area contributed by atoms with Crippen LogP contribution in [0, 0.1) is 6.92 Å². The molecule has 0 radical (unpaired) electrons. The number of benzene rings is 2. The van der Waals surface area contributed by atoms with Gasteiger partial charge in [-0.05, 0) is 36.8 Å². The number of anilines is 1. The summed E-state index contributed by atoms with van der Waals surface area (Å²) in [5.74, 6) is 1.19. The quantitative estimate of drug-likeness (QED) is 0.588. The van der Waals surface area contributed by atoms with Gasteiger partial charge < -0.3 is 30.0 Å². The molecule has 1 spiro atoms. The normalized spacial score (nSPS) is 17.0. The average molecular weight is 434 g/mol. The molecule has 1 aromatic heterocycles. The number of nitrogens with zero attached hydrogens (tertiary/aromatic N) is 1. The van der Waals surface area contributed by atoms with E-state index in [9.17, 15) is 9.59 Å². The number of likely N-dealkylation sites (tertiary alicyclic amines) is 1. The first kappa shape index (κ1) is 20.2. The Balaban J connectivity index is 1.35. The number of ether oxygens (including phenoxy) is 2. The number of aromatic amines is 1. The van der Waals surface area contributed by atoms with Gasteiger partial charge in [0.15, 0.2) is 0 Å². The van der Waals surface area contributed by atoms with Gasteiger partial charge in [0.2, 0.25) is 0 Å². The minimum Gasteiger partial charge on any atom is -0.497 e. The van der Waals surface area contributed by atoms with E-state index in [2.05, 4.69) is 15.6 Å². The van der Waals surface area contributed by atoms with Crippen LogP contribution >= 0.6 is 0 Å². The van der Waals surface area contributed by atoms with Crippen molar-refractivity contribution in [1.29, 1.82) is 0 Å². The van der Waals surface area contributed by atoms with Crippen LogP contribution in [0.1, 0.15) is 39.3 Å². The summed E-state index contributed by atoms with van der Waals surface area (Å²) in [5.41, 5.74) is 3.12. The highest BCUT2D eigenvalue weighted by atomic mass is 16.5. The van der Waals surface area contributed by atoms with Crippen LogP contribution in [-0.4, -0.2) is 54.7 Å². The molecule has 2 aliphatic heterocycles. The maximum absolute atomic E-state index is 13.3. The van der Waals surface area contributed by atoms with Gasteiger partial charge in [0, 0.05) is 37.0 Å². The SMILES string of the molecule is COc1ccc2c(c1)C(=O)NC1(CCN(C(=O)c3[nH]c4c(OC)cccc4c3C)CC1)N2. The molecule has 0 saturated carbocycles. The number of rotatable bonds is 3. The third-order valence-electron chi connectivity index (χ3n) is 6.59. The highest BCUT2D eigenvalue weighted by Gasteiger charge is 2.41. The van der Waals surface area contributed by atoms with Crippen molar-refractivity contribution in [2.24, 2.45) is 0 Å². The number of amides is 2. The molecule has 8 nitrogen and oxygen atoms in total. The molecular formula is C24H26N4O4. The predicted octanol–water partition coefficient (Wildman–Crippen LogP) is 3.28. The third-order valence-corrected chi connectivity index (χ3v) is 6.59. The van der Waals surface area contributed by atoms with Gasteiger partial charge in [-0.25, -0.2) is 0 Å². The fourth-order valence-corrected chi connectivity index (χ4v) is 4.73. The molecule has 1 saturated heterocycles. The minimum atomic E-state index is -0.561. The van der Waals surface area contributed by atoms with E-state index in [1.54, 1.807) is 20.3 Å². The monoisotopic (exact) mass is 434 g/mol. The first-order valence-electron chi connectivity index (χ1n) is 10.7. The van der Waals surface area contributed by atoms with Gasteiger partial charge in [-0.2, -0.15) is 0 Å². The van der Waals surface area contributed by atoms with Crippen LogP contribution in [-0.2, 0) is 0 Å². The third kappa shape index (κ3) is 3.14. The van der Waals surface area contributed by atoms with E-state index in [0.717, 1.165) is 22.2 Å². The van der Waals surface area contributed by atoms with E-state index in [4.69, 9.17) is 9.47 Å². The van der Waals surface area contributed by atoms with Crippen molar-refractivity contribution in [3.63, 3.8) is 0 Å². The molecule has 2 amide bonds. The molecule has 3 aromatic rings. The molecule has 3 N–H and O–H groups in total. The summed E-state index contributed by atoms with van der Waals surface area (Å²) in [6, 6.07) is 11.2. The molecular weight excluding hydrogens is 408 g/mol. The van der Waals surface area contributed by atoms with Gasteiger partial charge in [0.1, 0.15) is 22.9 Å². The number of hydrogen-bond donors (Lipinski definition) is 3. The number of carbonyl (C=O) groups is 2. The van der Waals surface area contributed by atoms with Crippen molar-refractivity contribution in [2.45, 2.75) is 25.4 Å². The molecule has 0 unspecified atom stereocenters. The van der Waals surface area contributed by atoms with Crippen molar-refractivity contribution < 1.29 is 19.1 Å². The Morgan fingerprint density at radius 1 is 1.06 bits per heavy atom. The molecule has 0 bridgehead atoms. The summed E-state index contributed by atoms with van der Waals surface area (Å²) in [5, 5.41) is 7.59. The number of carbonyl (C=O) groups excluding carboxylic acids is 2. The summed E-state index contributed by atoms with van der Waals surface area (Å²) in [4.78, 5) is 31.2. The van der Waals surface area contributed by atoms with Gasteiger partial charge in [-0.3, -0.25) is 9.59 Å². The highest BCUT2D eigenvalue weighted by Crippen LogP contribution is 2.34. The molecule has 8 heteroatoms. The van der Waals surface area contributed by atoms with Crippen LogP contribution < -0.4 is 20.1 Å². The molecule has 5 rings (SSSR count). The predicted molar refractivity (Wildman–Crippen MR) is 122 cm³/mol. The first-order chi connectivity index (χ1) is 15.4. The van der Waals surface area contributed by atoms with Gasteiger partial charge in [0.25, 0.3) is 11.8 Å². The fourth-order valence-electron chi connectivity index (χ4n) is 4.73. The second-order valence-corrected chi connectivity index (χ2v) is 8.37. The summed E-state index contributed by atoms with van der Waals surface area (Å²) in [6.07, 6.45) is 1.22. The molecule has 2 aliphatic rings. The number of nitrogens with one attached hydrogen (secondary N) is 3. The molecule has 3 heterocycles. The van der Waals surface area contributed by atoms with E-state index < -0.39 is 5.66 Å². The number of piperidine rings is 1. The Morgan fingerprint density at radius 2 is 1.84 bits per heavy atom. The molecule has 0 atom stereocenters. The van der Waals surface area contributed by atoms with E-state index in [1.165, 1.54) is 0 Å². The summed E-state index contributed by atoms with van der Waals surface area (Å²) in [6.45, 7) is 3.01. The topological polar surface area (TPSA) is 95.7 Å². The van der Waals surface area contributed by atoms with Gasteiger partial charge in [-0.1, -0.05) is 12.1 Å². The van der Waals surface area contributed by atoms with Crippen LogP contribution in [0.5, 0.6) is 11.5 Å². The molecule has 2 aromatic carbocycles. The number of H-pyrrole nitrogens is 1. The standard InChI is InChI=1S/C24H26N4O4/c1-14-16-5-4-6-19(32-3)21(16)25-20(14)23(30)28-11-9-24(10-12-28)26-18-8-7-15(31-2)13-17(18)22(29)27-24/h4-8,13,25-26H,9-12H2,1-3H3,(H,27,29). The number of aryl methyl sites for hydroxylation is 1. The molecule has 32 heavy (non-hydrogen) atoms. The van der Waals surface area contributed by atoms with Crippen LogP contribution in [0.2, 0.25) is 0 Å². The zero-order valence-corrected chi connectivity index (χ0v) is 18.4. The Hall–Kier alpha value is -3.68. The van der Waals surface area contributed by atoms with Crippen LogP contribution in [0.4, 0.5) is 5.69 Å². The zero-order valence-electron chi connectivity index (χ0n) is 18.4. The molecule has 0 aliphatic carbocycles. The van der Waals surface area contributed by atoms with Crippen molar-refractivity contribution in [3.05, 3.63) is 53.2 Å². The Kier molecular flexibility index (Phi) is 4.73. The largest absolute Gasteiger partial charge is 0.497 e. The minimum absolute atomic E-state index is 0.0390. The fraction of sp³-hybridized carbons (Fsp3) is 0.333. The maximum atomic E-state index is 13.3. The Morgan fingerprint density at radius 3 is 2.56 bits per heavy atom. The average Bonchev–Trinajstić information content (AvgIpc) is 3.15. The smallest absolute Gasteiger partial charge is 0.270 e. The lowest BCUT2D eigenvalue weighted by Crippen LogP contribution is -2.62. The van der Waals surface area contributed by atoms with Gasteiger partial charge >= 0.3 is 0 Å². The van der Waals surface area contributed by atoms with Gasteiger partial charge in [-0.15, -0.1) is 0 Å². The summed E-state index contributed by atoms with van der Waals surface area (Å²) >= 11 is 0. The highest BCUT2D eigenvalue weighted by molar-refractivity contribution is 6.03. The van der Waals surface area contributed by atoms with E-state index in [1.807, 2.05) is 42.2 Å². The summed E-state index contributed by atoms with van der Waals surface area (Å²) in [7, 11) is 3.20. The van der Waals surface area contributed by atoms with Crippen LogP contribution in [0.3, 0.4) is 0 Å². The first-order valence-corrected chi connectivity index (χ1v) is 10.7. The molecule has 1 fully saturated rings. The van der Waals surface area contributed by atoms with Crippen LogP contribution in [0.25, 0.3) is 10.9 Å². The Bertz CT molecular complexity index is 1220. The Labute approximate surface area is 185 Å². The number of methoxy groups -OCH3 is 2. The second kappa shape index (κ2) is 7.47. The number of para-hydroxylation sites is 1. The lowest BCUT2D eigenvalue weighted by atomic mass is 9.92. The van der Waals surface area contributed by atoms with Crippen molar-refractivity contribution in [3.8, 4) is 11.5 Å². The number of hydrogen-bond acceptors (Lipinski definition) is 5. The van der Waals surface area contributed by atoms with E-state index >= 15 is 0 Å². The maximum Gasteiger partial charge on any atom is 0.270 e. The lowest BCUT2D eigenvalue weighted by Gasteiger charge is -2.45. The van der Waals surface area contributed by atoms with Crippen LogP contribution in [0.15, 0.2) is 36.4 Å². The number of fused-ring (bicyclic) bond motifs is 2. The van der Waals surface area contributed by atoms with Gasteiger partial charge in [0.05, 0.1) is 25.3 Å². The lowest BCUT2D eigenvalue weighted by molar-refractivity contribution is 0.0634. The second-order valence-electron chi connectivity index (χ2n) is 8.37. The zero-order chi connectivity index (χ0) is 22.5. The summed E-state index contributed by atoms with van der Waals surface area (Å²) < 4.78 is 10.7. The van der Waals surface area contributed by atoms with Crippen molar-refractivity contribution in [2.75, 3.05) is 32.6 Å². The van der Waals surface area contributed by atoms with Crippen molar-refractivity contribution >= 4 is 28.4 Å². The van der Waals surface area contributed by atoms with E-state index in [0.29, 0.717) is 48.7 Å². The van der Waals surface area contributed by atoms with E-state index in [-0.39, 0.29) is 11.8 Å². The number of aromatic nitrogens is 1. The molecule has 166 valence electrons.